The molecule has 2 aromatic rings. The molecule has 0 bridgehead atoms. The average Bonchev–Trinajstić information content (AvgIpc) is 2.60. The number of carbonyl (C=O) groups excluding carboxylic acids is 2. The van der Waals surface area contributed by atoms with Gasteiger partial charge in [-0.25, -0.2) is 0 Å². The highest BCUT2D eigenvalue weighted by Crippen LogP contribution is 2.12. The van der Waals surface area contributed by atoms with Gasteiger partial charge in [0.2, 0.25) is 5.91 Å². The van der Waals surface area contributed by atoms with Gasteiger partial charge in [-0.2, -0.15) is 0 Å². The summed E-state index contributed by atoms with van der Waals surface area (Å²) < 4.78 is 5.14. The molecule has 0 aromatic heterocycles. The van der Waals surface area contributed by atoms with Crippen molar-refractivity contribution in [2.75, 3.05) is 7.11 Å². The van der Waals surface area contributed by atoms with Crippen LogP contribution in [0.25, 0.3) is 0 Å². The summed E-state index contributed by atoms with van der Waals surface area (Å²) in [6, 6.07) is 13.2. The van der Waals surface area contributed by atoms with Crippen LogP contribution in [-0.4, -0.2) is 25.0 Å². The molecular formula is C18H19ClN2O3. The van der Waals surface area contributed by atoms with Crippen LogP contribution in [0.5, 0.6) is 5.75 Å². The molecule has 6 heteroatoms. The largest absolute Gasteiger partial charge is 0.497 e. The first-order valence-corrected chi connectivity index (χ1v) is 7.84. The lowest BCUT2D eigenvalue weighted by molar-refractivity contribution is -0.122. The van der Waals surface area contributed by atoms with Crippen LogP contribution in [0.1, 0.15) is 22.8 Å². The fourth-order valence-corrected chi connectivity index (χ4v) is 2.20. The molecule has 1 unspecified atom stereocenters. The molecule has 2 N–H and O–H groups in total. The molecule has 5 nitrogen and oxygen atoms in total. The van der Waals surface area contributed by atoms with Crippen molar-refractivity contribution < 1.29 is 14.3 Å². The number of benzene rings is 2. The Kier molecular flexibility index (Phi) is 6.21. The second kappa shape index (κ2) is 8.36. The Hall–Kier alpha value is -2.53. The third-order valence-electron chi connectivity index (χ3n) is 3.45. The normalized spacial score (nSPS) is 11.5. The minimum atomic E-state index is -0.654. The maximum atomic E-state index is 12.1. The second-order valence-electron chi connectivity index (χ2n) is 5.27. The predicted octanol–water partition coefficient (Wildman–Crippen LogP) is 2.78. The minimum absolute atomic E-state index is 0.264. The maximum Gasteiger partial charge on any atom is 0.251 e. The van der Waals surface area contributed by atoms with Crippen molar-refractivity contribution in [1.29, 1.82) is 0 Å². The van der Waals surface area contributed by atoms with Crippen molar-refractivity contribution in [1.82, 2.24) is 10.6 Å². The summed E-state index contributed by atoms with van der Waals surface area (Å²) in [6.07, 6.45) is 0. The highest BCUT2D eigenvalue weighted by atomic mass is 35.5. The van der Waals surface area contributed by atoms with Crippen LogP contribution >= 0.6 is 11.6 Å². The first kappa shape index (κ1) is 17.8. The van der Waals surface area contributed by atoms with E-state index < -0.39 is 6.04 Å². The molecule has 0 saturated heterocycles. The number of rotatable bonds is 6. The van der Waals surface area contributed by atoms with Crippen LogP contribution in [0.15, 0.2) is 48.5 Å². The van der Waals surface area contributed by atoms with Crippen molar-refractivity contribution >= 4 is 23.4 Å². The van der Waals surface area contributed by atoms with E-state index in [9.17, 15) is 9.59 Å². The van der Waals surface area contributed by atoms with Gasteiger partial charge in [-0.15, -0.1) is 0 Å². The molecule has 1 atom stereocenters. The summed E-state index contributed by atoms with van der Waals surface area (Å²) in [7, 11) is 1.59. The van der Waals surface area contributed by atoms with Gasteiger partial charge in [0, 0.05) is 17.1 Å². The summed E-state index contributed by atoms with van der Waals surface area (Å²) in [5.74, 6) is 0.140. The van der Waals surface area contributed by atoms with Crippen molar-refractivity contribution in [3.8, 4) is 5.75 Å². The molecule has 0 aliphatic carbocycles. The van der Waals surface area contributed by atoms with Gasteiger partial charge in [0.05, 0.1) is 7.11 Å². The van der Waals surface area contributed by atoms with E-state index in [1.807, 2.05) is 24.3 Å². The molecule has 24 heavy (non-hydrogen) atoms. The summed E-state index contributed by atoms with van der Waals surface area (Å²) in [5, 5.41) is 5.99. The smallest absolute Gasteiger partial charge is 0.251 e. The van der Waals surface area contributed by atoms with Gasteiger partial charge in [-0.05, 0) is 48.9 Å². The number of methoxy groups -OCH3 is 1. The van der Waals surface area contributed by atoms with Crippen LogP contribution in [0.3, 0.4) is 0 Å². The molecule has 0 aliphatic rings. The van der Waals surface area contributed by atoms with Gasteiger partial charge >= 0.3 is 0 Å². The molecule has 0 aliphatic heterocycles. The number of amides is 2. The first-order chi connectivity index (χ1) is 11.5. The Morgan fingerprint density at radius 2 is 1.88 bits per heavy atom. The number of carbonyl (C=O) groups is 2. The second-order valence-corrected chi connectivity index (χ2v) is 5.71. The summed E-state index contributed by atoms with van der Waals surface area (Å²) in [6.45, 7) is 1.99. The van der Waals surface area contributed by atoms with E-state index in [1.54, 1.807) is 38.3 Å². The SMILES string of the molecule is COc1cccc(CNC(=O)C(C)NC(=O)c2ccc(Cl)cc2)c1. The number of nitrogens with one attached hydrogen (secondary N) is 2. The van der Waals surface area contributed by atoms with Gasteiger partial charge in [0.25, 0.3) is 5.91 Å². The molecule has 2 aromatic carbocycles. The van der Waals surface area contributed by atoms with E-state index in [0.29, 0.717) is 17.1 Å². The molecule has 126 valence electrons. The maximum absolute atomic E-state index is 12.1. The lowest BCUT2D eigenvalue weighted by Crippen LogP contribution is -2.44. The molecular weight excluding hydrogens is 328 g/mol. The van der Waals surface area contributed by atoms with E-state index in [4.69, 9.17) is 16.3 Å². The first-order valence-electron chi connectivity index (χ1n) is 7.46. The summed E-state index contributed by atoms with van der Waals surface area (Å²) in [4.78, 5) is 24.2. The van der Waals surface area contributed by atoms with Crippen LogP contribution in [0.4, 0.5) is 0 Å². The van der Waals surface area contributed by atoms with Crippen molar-refractivity contribution in [3.63, 3.8) is 0 Å². The van der Waals surface area contributed by atoms with E-state index >= 15 is 0 Å². The third-order valence-corrected chi connectivity index (χ3v) is 3.70. The monoisotopic (exact) mass is 346 g/mol. The number of hydrogen-bond acceptors (Lipinski definition) is 3. The Balaban J connectivity index is 1.87. The standard InChI is InChI=1S/C18H19ClN2O3/c1-12(21-18(23)14-6-8-15(19)9-7-14)17(22)20-11-13-4-3-5-16(10-13)24-2/h3-10,12H,11H2,1-2H3,(H,20,22)(H,21,23). The quantitative estimate of drug-likeness (QED) is 0.845. The molecule has 0 spiro atoms. The summed E-state index contributed by atoms with van der Waals surface area (Å²) >= 11 is 5.79. The molecule has 0 radical (unpaired) electrons. The molecule has 2 rings (SSSR count). The topological polar surface area (TPSA) is 67.4 Å². The number of halogens is 1. The third kappa shape index (κ3) is 4.99. The van der Waals surface area contributed by atoms with Crippen molar-refractivity contribution in [2.45, 2.75) is 19.5 Å². The van der Waals surface area contributed by atoms with Crippen LogP contribution in [-0.2, 0) is 11.3 Å². The molecule has 0 heterocycles. The van der Waals surface area contributed by atoms with Crippen LogP contribution in [0, 0.1) is 0 Å². The van der Waals surface area contributed by atoms with E-state index in [1.165, 1.54) is 0 Å². The van der Waals surface area contributed by atoms with Crippen LogP contribution in [0.2, 0.25) is 5.02 Å². The zero-order valence-corrected chi connectivity index (χ0v) is 14.3. The Morgan fingerprint density at radius 1 is 1.17 bits per heavy atom. The van der Waals surface area contributed by atoms with Crippen molar-refractivity contribution in [3.05, 3.63) is 64.7 Å². The minimum Gasteiger partial charge on any atom is -0.497 e. The zero-order chi connectivity index (χ0) is 17.5. The van der Waals surface area contributed by atoms with E-state index in [2.05, 4.69) is 10.6 Å². The highest BCUT2D eigenvalue weighted by molar-refractivity contribution is 6.30. The molecule has 2 amide bonds. The van der Waals surface area contributed by atoms with Crippen molar-refractivity contribution in [2.24, 2.45) is 0 Å². The van der Waals surface area contributed by atoms with Crippen LogP contribution < -0.4 is 15.4 Å². The lowest BCUT2D eigenvalue weighted by atomic mass is 10.2. The average molecular weight is 347 g/mol. The Labute approximate surface area is 146 Å². The van der Waals surface area contributed by atoms with Gasteiger partial charge < -0.3 is 15.4 Å². The van der Waals surface area contributed by atoms with Gasteiger partial charge in [-0.1, -0.05) is 23.7 Å². The molecule has 0 fully saturated rings. The van der Waals surface area contributed by atoms with E-state index in [0.717, 1.165) is 11.3 Å². The fraction of sp³-hybridized carbons (Fsp3) is 0.222. The Bertz CT molecular complexity index is 716. The number of ether oxygens (including phenoxy) is 1. The van der Waals surface area contributed by atoms with Gasteiger partial charge in [0.1, 0.15) is 11.8 Å². The molecule has 0 saturated carbocycles. The predicted molar refractivity (Wildman–Crippen MR) is 93.2 cm³/mol. The number of hydrogen-bond donors (Lipinski definition) is 2. The zero-order valence-electron chi connectivity index (χ0n) is 13.5. The Morgan fingerprint density at radius 3 is 2.54 bits per heavy atom. The lowest BCUT2D eigenvalue weighted by Gasteiger charge is -2.14. The van der Waals surface area contributed by atoms with Gasteiger partial charge in [0.15, 0.2) is 0 Å². The fourth-order valence-electron chi connectivity index (χ4n) is 2.07. The van der Waals surface area contributed by atoms with Gasteiger partial charge in [-0.3, -0.25) is 9.59 Å². The van der Waals surface area contributed by atoms with E-state index in [-0.39, 0.29) is 11.8 Å². The summed E-state index contributed by atoms with van der Waals surface area (Å²) in [5.41, 5.74) is 1.37. The highest BCUT2D eigenvalue weighted by Gasteiger charge is 2.16.